The van der Waals surface area contributed by atoms with Crippen molar-refractivity contribution in [2.24, 2.45) is 0 Å². The monoisotopic (exact) mass is 321 g/mol. The van der Waals surface area contributed by atoms with Gasteiger partial charge in [0, 0.05) is 18.7 Å². The summed E-state index contributed by atoms with van der Waals surface area (Å²) in [5.74, 6) is -0.415. The molecular weight excluding hydrogens is 306 g/mol. The van der Waals surface area contributed by atoms with E-state index in [0.29, 0.717) is 16.8 Å². The van der Waals surface area contributed by atoms with Crippen LogP contribution in [0.3, 0.4) is 0 Å². The molecule has 2 rings (SSSR count). The van der Waals surface area contributed by atoms with Crippen molar-refractivity contribution in [2.75, 3.05) is 12.4 Å². The number of nitriles is 1. The number of aryl methyl sites for hydroxylation is 1. The second-order valence-electron chi connectivity index (χ2n) is 5.15. The number of nitro benzene ring substituents is 1. The van der Waals surface area contributed by atoms with E-state index < -0.39 is 10.7 Å². The van der Waals surface area contributed by atoms with E-state index in [1.807, 2.05) is 19.1 Å². The maximum atomic E-state index is 12.4. The first-order valence-electron chi connectivity index (χ1n) is 7.15. The first kappa shape index (κ1) is 16.9. The number of hydrogen-bond acceptors (Lipinski definition) is 5. The number of carbonyl (C=O) groups is 1. The Morgan fingerprint density at radius 3 is 2.62 bits per heavy atom. The van der Waals surface area contributed by atoms with Crippen LogP contribution < -0.4 is 5.32 Å². The molecule has 1 N–H and O–H groups in total. The molecule has 0 aliphatic rings. The van der Waals surface area contributed by atoms with E-state index >= 15 is 0 Å². The van der Waals surface area contributed by atoms with Crippen LogP contribution in [-0.4, -0.2) is 17.8 Å². The highest BCUT2D eigenvalue weighted by molar-refractivity contribution is 6.14. The van der Waals surface area contributed by atoms with Gasteiger partial charge in [-0.2, -0.15) is 5.26 Å². The molecule has 0 bridgehead atoms. The molecular formula is C18H15N3O3. The van der Waals surface area contributed by atoms with Gasteiger partial charge in [-0.3, -0.25) is 14.9 Å². The van der Waals surface area contributed by atoms with Crippen LogP contribution in [0.4, 0.5) is 11.4 Å². The van der Waals surface area contributed by atoms with Gasteiger partial charge in [-0.1, -0.05) is 29.8 Å². The number of nitro groups is 1. The first-order chi connectivity index (χ1) is 11.5. The van der Waals surface area contributed by atoms with Crippen molar-refractivity contribution in [3.63, 3.8) is 0 Å². The van der Waals surface area contributed by atoms with E-state index in [2.05, 4.69) is 5.32 Å². The second kappa shape index (κ2) is 7.20. The van der Waals surface area contributed by atoms with Crippen LogP contribution in [0.15, 0.2) is 48.0 Å². The molecule has 0 spiro atoms. The third-order valence-electron chi connectivity index (χ3n) is 3.44. The molecule has 0 radical (unpaired) electrons. The highest BCUT2D eigenvalue weighted by Crippen LogP contribution is 2.26. The zero-order valence-corrected chi connectivity index (χ0v) is 13.2. The van der Waals surface area contributed by atoms with E-state index in [1.165, 1.54) is 18.2 Å². The number of rotatable bonds is 5. The van der Waals surface area contributed by atoms with E-state index in [0.717, 1.165) is 5.56 Å². The van der Waals surface area contributed by atoms with E-state index in [9.17, 15) is 20.2 Å². The topological polar surface area (TPSA) is 96.0 Å². The van der Waals surface area contributed by atoms with E-state index in [4.69, 9.17) is 0 Å². The minimum atomic E-state index is -0.516. The Kier molecular flexibility index (Phi) is 5.07. The number of carbonyl (C=O) groups excluding carboxylic acids is 1. The van der Waals surface area contributed by atoms with Crippen LogP contribution >= 0.6 is 0 Å². The molecule has 2 aromatic carbocycles. The number of benzene rings is 2. The Hall–Kier alpha value is -3.46. The van der Waals surface area contributed by atoms with Crippen LogP contribution in [0.5, 0.6) is 0 Å². The van der Waals surface area contributed by atoms with Gasteiger partial charge < -0.3 is 5.32 Å². The van der Waals surface area contributed by atoms with Crippen LogP contribution in [0.2, 0.25) is 0 Å². The smallest absolute Gasteiger partial charge is 0.292 e. The lowest BCUT2D eigenvalue weighted by Gasteiger charge is -2.04. The normalized spacial score (nSPS) is 10.8. The Bertz CT molecular complexity index is 879. The molecule has 0 saturated heterocycles. The predicted octanol–water partition coefficient (Wildman–Crippen LogP) is 3.73. The van der Waals surface area contributed by atoms with Crippen molar-refractivity contribution in [3.05, 3.63) is 74.8 Å². The minimum Gasteiger partial charge on any atom is -0.383 e. The third-order valence-corrected chi connectivity index (χ3v) is 3.44. The Morgan fingerprint density at radius 2 is 2.04 bits per heavy atom. The minimum absolute atomic E-state index is 0.0768. The van der Waals surface area contributed by atoms with Crippen LogP contribution in [0, 0.1) is 28.4 Å². The van der Waals surface area contributed by atoms with Crippen molar-refractivity contribution >= 4 is 23.2 Å². The average molecular weight is 321 g/mol. The van der Waals surface area contributed by atoms with Gasteiger partial charge in [-0.05, 0) is 30.7 Å². The average Bonchev–Trinajstić information content (AvgIpc) is 2.58. The van der Waals surface area contributed by atoms with Gasteiger partial charge in [0.05, 0.1) is 4.92 Å². The van der Waals surface area contributed by atoms with Crippen molar-refractivity contribution in [2.45, 2.75) is 6.92 Å². The highest BCUT2D eigenvalue weighted by Gasteiger charge is 2.15. The van der Waals surface area contributed by atoms with Gasteiger partial charge in [0.15, 0.2) is 0 Å². The second-order valence-corrected chi connectivity index (χ2v) is 5.15. The summed E-state index contributed by atoms with van der Waals surface area (Å²) in [5.41, 5.74) is 1.90. The lowest BCUT2D eigenvalue weighted by Crippen LogP contribution is -2.02. The summed E-state index contributed by atoms with van der Waals surface area (Å²) in [6.07, 6.45) is 1.36. The van der Waals surface area contributed by atoms with Gasteiger partial charge in [0.1, 0.15) is 17.3 Å². The highest BCUT2D eigenvalue weighted by atomic mass is 16.6. The largest absolute Gasteiger partial charge is 0.383 e. The van der Waals surface area contributed by atoms with Gasteiger partial charge in [0.2, 0.25) is 5.78 Å². The molecule has 0 aliphatic carbocycles. The number of Topliss-reactive ketones (excluding diaryl/α,β-unsaturated/α-hetero) is 1. The molecule has 0 fully saturated rings. The van der Waals surface area contributed by atoms with Crippen molar-refractivity contribution in [3.8, 4) is 6.07 Å². The maximum Gasteiger partial charge on any atom is 0.292 e. The molecule has 120 valence electrons. The standard InChI is InChI=1S/C18H15N3O3/c1-12-4-3-5-14(8-12)18(22)15(11-19)9-13-6-7-16(20-2)17(10-13)21(23)24/h3-10,20H,1-2H3/b15-9+. The van der Waals surface area contributed by atoms with Gasteiger partial charge in [-0.15, -0.1) is 0 Å². The summed E-state index contributed by atoms with van der Waals surface area (Å²) in [7, 11) is 1.58. The zero-order chi connectivity index (χ0) is 17.7. The predicted molar refractivity (Wildman–Crippen MR) is 91.7 cm³/mol. The summed E-state index contributed by atoms with van der Waals surface area (Å²) in [6.45, 7) is 1.85. The number of nitrogens with one attached hydrogen (secondary N) is 1. The number of hydrogen-bond donors (Lipinski definition) is 1. The van der Waals surface area contributed by atoms with Crippen LogP contribution in [0.25, 0.3) is 6.08 Å². The molecule has 2 aromatic rings. The number of nitrogens with zero attached hydrogens (tertiary/aromatic N) is 2. The molecule has 24 heavy (non-hydrogen) atoms. The molecule has 0 aliphatic heterocycles. The molecule has 0 aromatic heterocycles. The number of allylic oxidation sites excluding steroid dienone is 1. The Morgan fingerprint density at radius 1 is 1.29 bits per heavy atom. The fourth-order valence-electron chi connectivity index (χ4n) is 2.26. The summed E-state index contributed by atoms with van der Waals surface area (Å²) in [4.78, 5) is 23.0. The zero-order valence-electron chi connectivity index (χ0n) is 13.2. The molecule has 6 nitrogen and oxygen atoms in total. The van der Waals surface area contributed by atoms with Crippen LogP contribution in [0.1, 0.15) is 21.5 Å². The lowest BCUT2D eigenvalue weighted by atomic mass is 10.0. The SMILES string of the molecule is CNc1ccc(/C=C(\C#N)C(=O)c2cccc(C)c2)cc1[N+](=O)[O-]. The Balaban J connectivity index is 2.44. The van der Waals surface area contributed by atoms with Crippen molar-refractivity contribution < 1.29 is 9.72 Å². The molecule has 6 heteroatoms. The summed E-state index contributed by atoms with van der Waals surface area (Å²) in [6, 6.07) is 13.3. The molecule has 0 unspecified atom stereocenters. The van der Waals surface area contributed by atoms with Gasteiger partial charge in [-0.25, -0.2) is 0 Å². The molecule has 0 saturated carbocycles. The lowest BCUT2D eigenvalue weighted by molar-refractivity contribution is -0.383. The van der Waals surface area contributed by atoms with Crippen molar-refractivity contribution in [1.82, 2.24) is 0 Å². The van der Waals surface area contributed by atoms with Crippen LogP contribution in [-0.2, 0) is 0 Å². The fourth-order valence-corrected chi connectivity index (χ4v) is 2.26. The quantitative estimate of drug-likeness (QED) is 0.297. The molecule has 0 heterocycles. The number of anilines is 1. The van der Waals surface area contributed by atoms with Crippen molar-refractivity contribution in [1.29, 1.82) is 5.26 Å². The third kappa shape index (κ3) is 3.65. The maximum absolute atomic E-state index is 12.4. The van der Waals surface area contributed by atoms with E-state index in [1.54, 1.807) is 31.3 Å². The fraction of sp³-hybridized carbons (Fsp3) is 0.111. The Labute approximate surface area is 139 Å². The number of ketones is 1. The molecule has 0 amide bonds. The summed E-state index contributed by atoms with van der Waals surface area (Å²) >= 11 is 0. The van der Waals surface area contributed by atoms with Gasteiger partial charge in [0.25, 0.3) is 5.69 Å². The summed E-state index contributed by atoms with van der Waals surface area (Å²) in [5, 5.41) is 23.1. The van der Waals surface area contributed by atoms with Gasteiger partial charge >= 0.3 is 0 Å². The summed E-state index contributed by atoms with van der Waals surface area (Å²) < 4.78 is 0. The molecule has 0 atom stereocenters. The first-order valence-corrected chi connectivity index (χ1v) is 7.15. The van der Waals surface area contributed by atoms with E-state index in [-0.39, 0.29) is 11.3 Å².